The maximum atomic E-state index is 11.9. The molecule has 1 aliphatic heterocycles. The van der Waals surface area contributed by atoms with Gasteiger partial charge < -0.3 is 9.47 Å². The van der Waals surface area contributed by atoms with Gasteiger partial charge in [0, 0.05) is 18.1 Å². The largest absolute Gasteiger partial charge is 0.497 e. The quantitative estimate of drug-likeness (QED) is 0.496. The van der Waals surface area contributed by atoms with Gasteiger partial charge in [-0.05, 0) is 19.3 Å². The molecule has 0 aromatic heterocycles. The number of halogens is 3. The third-order valence-corrected chi connectivity index (χ3v) is 3.58. The molecule has 0 aliphatic carbocycles. The fraction of sp³-hybridized carbons (Fsp3) is 0.750. The van der Waals surface area contributed by atoms with Crippen molar-refractivity contribution in [2.75, 3.05) is 13.7 Å². The Kier molecular flexibility index (Phi) is 8.31. The zero-order chi connectivity index (χ0) is 15.6. The topological polar surface area (TPSA) is 18.5 Å². The molecule has 0 aromatic carbocycles. The van der Waals surface area contributed by atoms with Crippen molar-refractivity contribution in [1.82, 2.24) is 0 Å². The van der Waals surface area contributed by atoms with Crippen LogP contribution in [0.1, 0.15) is 57.8 Å². The molecular weight excluding hydrogens is 281 g/mol. The van der Waals surface area contributed by atoms with Crippen LogP contribution in [0, 0.1) is 0 Å². The second-order valence-corrected chi connectivity index (χ2v) is 5.38. The number of unbranched alkanes of at least 4 members (excludes halogenated alkanes) is 6. The molecule has 0 spiro atoms. The van der Waals surface area contributed by atoms with Crippen LogP contribution in [0.15, 0.2) is 23.7 Å². The van der Waals surface area contributed by atoms with E-state index in [1.54, 1.807) is 13.4 Å². The van der Waals surface area contributed by atoms with Crippen LogP contribution >= 0.6 is 0 Å². The molecule has 2 nitrogen and oxygen atoms in total. The van der Waals surface area contributed by atoms with E-state index in [9.17, 15) is 13.2 Å². The van der Waals surface area contributed by atoms with Gasteiger partial charge in [0.1, 0.15) is 12.4 Å². The van der Waals surface area contributed by atoms with E-state index in [1.165, 1.54) is 5.57 Å². The third-order valence-electron chi connectivity index (χ3n) is 3.58. The Balaban J connectivity index is 1.98. The lowest BCUT2D eigenvalue weighted by atomic mass is 10.0. The summed E-state index contributed by atoms with van der Waals surface area (Å²) in [6.45, 7) is 0.594. The second kappa shape index (κ2) is 9.74. The molecule has 0 bridgehead atoms. The number of hydrogen-bond acceptors (Lipinski definition) is 2. The fourth-order valence-electron chi connectivity index (χ4n) is 2.40. The molecule has 0 saturated carbocycles. The molecule has 0 amide bonds. The van der Waals surface area contributed by atoms with E-state index in [2.05, 4.69) is 0 Å². The normalized spacial score (nSPS) is 15.2. The smallest absolute Gasteiger partial charge is 0.389 e. The number of rotatable bonds is 10. The van der Waals surface area contributed by atoms with Gasteiger partial charge >= 0.3 is 6.18 Å². The van der Waals surface area contributed by atoms with Crippen LogP contribution in [0.25, 0.3) is 0 Å². The first-order valence-electron chi connectivity index (χ1n) is 7.64. The molecule has 1 aliphatic rings. The molecule has 21 heavy (non-hydrogen) atoms. The summed E-state index contributed by atoms with van der Waals surface area (Å²) in [6, 6.07) is 0. The SMILES string of the molecule is COC1=C(CCCCCCCCCC(F)(F)F)COC=C1. The summed E-state index contributed by atoms with van der Waals surface area (Å²) in [5, 5.41) is 0. The number of alkyl halides is 3. The second-order valence-electron chi connectivity index (χ2n) is 5.38. The molecule has 0 saturated heterocycles. The molecule has 122 valence electrons. The Morgan fingerprint density at radius 1 is 1.05 bits per heavy atom. The summed E-state index contributed by atoms with van der Waals surface area (Å²) in [6.07, 6.45) is 5.90. The van der Waals surface area contributed by atoms with Crippen molar-refractivity contribution in [3.05, 3.63) is 23.7 Å². The first-order valence-corrected chi connectivity index (χ1v) is 7.64. The van der Waals surface area contributed by atoms with Crippen LogP contribution in [-0.2, 0) is 9.47 Å². The van der Waals surface area contributed by atoms with Gasteiger partial charge in [0.05, 0.1) is 13.4 Å². The minimum Gasteiger partial charge on any atom is -0.497 e. The van der Waals surface area contributed by atoms with Crippen molar-refractivity contribution < 1.29 is 22.6 Å². The summed E-state index contributed by atoms with van der Waals surface area (Å²) in [7, 11) is 1.66. The van der Waals surface area contributed by atoms with Crippen LogP contribution in [0.2, 0.25) is 0 Å². The van der Waals surface area contributed by atoms with Gasteiger partial charge in [-0.15, -0.1) is 0 Å². The first-order chi connectivity index (χ1) is 10.0. The molecule has 0 aromatic rings. The molecule has 1 heterocycles. The molecule has 5 heteroatoms. The highest BCUT2D eigenvalue weighted by Gasteiger charge is 2.25. The predicted octanol–water partition coefficient (Wildman–Crippen LogP) is 5.50. The number of allylic oxidation sites excluding steroid dienone is 1. The third kappa shape index (κ3) is 8.68. The number of methoxy groups -OCH3 is 1. The van der Waals surface area contributed by atoms with Crippen molar-refractivity contribution in [2.45, 2.75) is 64.0 Å². The zero-order valence-electron chi connectivity index (χ0n) is 12.7. The average molecular weight is 306 g/mol. The van der Waals surface area contributed by atoms with Gasteiger partial charge in [-0.3, -0.25) is 0 Å². The van der Waals surface area contributed by atoms with Crippen molar-refractivity contribution in [1.29, 1.82) is 0 Å². The lowest BCUT2D eigenvalue weighted by Gasteiger charge is -2.15. The van der Waals surface area contributed by atoms with E-state index in [0.717, 1.165) is 44.3 Å². The number of ether oxygens (including phenoxy) is 2. The van der Waals surface area contributed by atoms with Crippen LogP contribution in [0.5, 0.6) is 0 Å². The lowest BCUT2D eigenvalue weighted by molar-refractivity contribution is -0.135. The summed E-state index contributed by atoms with van der Waals surface area (Å²) in [5.74, 6) is 0.897. The van der Waals surface area contributed by atoms with E-state index in [-0.39, 0.29) is 6.42 Å². The Labute approximate surface area is 125 Å². The van der Waals surface area contributed by atoms with Gasteiger partial charge in [0.15, 0.2) is 0 Å². The van der Waals surface area contributed by atoms with Crippen LogP contribution in [0.3, 0.4) is 0 Å². The van der Waals surface area contributed by atoms with Crippen LogP contribution < -0.4 is 0 Å². The molecule has 0 unspecified atom stereocenters. The van der Waals surface area contributed by atoms with Crippen molar-refractivity contribution >= 4 is 0 Å². The van der Waals surface area contributed by atoms with Crippen molar-refractivity contribution in [2.24, 2.45) is 0 Å². The Morgan fingerprint density at radius 2 is 1.67 bits per heavy atom. The van der Waals surface area contributed by atoms with Gasteiger partial charge in [-0.1, -0.05) is 32.1 Å². The van der Waals surface area contributed by atoms with E-state index in [1.807, 2.05) is 6.08 Å². The molecule has 0 fully saturated rings. The van der Waals surface area contributed by atoms with Gasteiger partial charge in [-0.25, -0.2) is 0 Å². The Hall–Kier alpha value is -1.13. The predicted molar refractivity (Wildman–Crippen MR) is 76.7 cm³/mol. The highest BCUT2D eigenvalue weighted by Crippen LogP contribution is 2.23. The minimum absolute atomic E-state index is 0.261. The van der Waals surface area contributed by atoms with Crippen LogP contribution in [-0.4, -0.2) is 19.9 Å². The Bertz CT molecular complexity index is 346. The standard InChI is InChI=1S/C16H25F3O2/c1-20-15-10-12-21-13-14(15)9-7-5-3-2-4-6-8-11-16(17,18)19/h10,12H,2-9,11,13H2,1H3. The monoisotopic (exact) mass is 306 g/mol. The zero-order valence-corrected chi connectivity index (χ0v) is 12.7. The summed E-state index contributed by atoms with van der Waals surface area (Å²) in [5.41, 5.74) is 1.19. The summed E-state index contributed by atoms with van der Waals surface area (Å²) < 4.78 is 46.3. The van der Waals surface area contributed by atoms with Gasteiger partial charge in [0.2, 0.25) is 0 Å². The highest BCUT2D eigenvalue weighted by molar-refractivity contribution is 5.22. The van der Waals surface area contributed by atoms with E-state index < -0.39 is 12.6 Å². The van der Waals surface area contributed by atoms with Crippen molar-refractivity contribution in [3.63, 3.8) is 0 Å². The molecule has 0 radical (unpaired) electrons. The molecule has 1 rings (SSSR count). The summed E-state index contributed by atoms with van der Waals surface area (Å²) in [4.78, 5) is 0. The van der Waals surface area contributed by atoms with Crippen LogP contribution in [0.4, 0.5) is 13.2 Å². The maximum Gasteiger partial charge on any atom is 0.389 e. The first kappa shape index (κ1) is 17.9. The molecule has 0 N–H and O–H groups in total. The van der Waals surface area contributed by atoms with Crippen molar-refractivity contribution in [3.8, 4) is 0 Å². The van der Waals surface area contributed by atoms with Gasteiger partial charge in [-0.2, -0.15) is 13.2 Å². The van der Waals surface area contributed by atoms with E-state index in [4.69, 9.17) is 9.47 Å². The average Bonchev–Trinajstić information content (AvgIpc) is 2.44. The maximum absolute atomic E-state index is 11.9. The fourth-order valence-corrected chi connectivity index (χ4v) is 2.40. The number of hydrogen-bond donors (Lipinski definition) is 0. The van der Waals surface area contributed by atoms with Gasteiger partial charge in [0.25, 0.3) is 0 Å². The van der Waals surface area contributed by atoms with E-state index >= 15 is 0 Å². The molecular formula is C16H25F3O2. The lowest BCUT2D eigenvalue weighted by Crippen LogP contribution is -2.06. The Morgan fingerprint density at radius 3 is 2.29 bits per heavy atom. The van der Waals surface area contributed by atoms with E-state index in [0.29, 0.717) is 13.0 Å². The summed E-state index contributed by atoms with van der Waals surface area (Å²) >= 11 is 0. The highest BCUT2D eigenvalue weighted by atomic mass is 19.4. The minimum atomic E-state index is -4.00. The molecule has 0 atom stereocenters.